The van der Waals surface area contributed by atoms with Crippen molar-refractivity contribution in [3.8, 4) is 0 Å². The molecule has 0 bridgehead atoms. The molecule has 2 unspecified atom stereocenters. The van der Waals surface area contributed by atoms with Gasteiger partial charge in [-0.15, -0.1) is 0 Å². The highest BCUT2D eigenvalue weighted by Crippen LogP contribution is 2.52. The van der Waals surface area contributed by atoms with Crippen LogP contribution in [0.25, 0.3) is 11.0 Å². The molecule has 2 aromatic rings. The van der Waals surface area contributed by atoms with Crippen LogP contribution in [0.4, 0.5) is 0 Å². The van der Waals surface area contributed by atoms with Crippen molar-refractivity contribution in [2.45, 2.75) is 25.9 Å². The predicted octanol–water partition coefficient (Wildman–Crippen LogP) is 2.97. The van der Waals surface area contributed by atoms with Crippen LogP contribution in [0.3, 0.4) is 0 Å². The zero-order valence-electron chi connectivity index (χ0n) is 8.95. The molecule has 2 nitrogen and oxygen atoms in total. The molecule has 0 saturated heterocycles. The first-order valence-corrected chi connectivity index (χ1v) is 5.33. The second-order valence-electron chi connectivity index (χ2n) is 4.68. The van der Waals surface area contributed by atoms with Gasteiger partial charge in [0.25, 0.3) is 0 Å². The Morgan fingerprint density at radius 2 is 2.13 bits per heavy atom. The van der Waals surface area contributed by atoms with Gasteiger partial charge in [-0.2, -0.15) is 0 Å². The van der Waals surface area contributed by atoms with E-state index >= 15 is 0 Å². The number of aryl methyl sites for hydroxylation is 1. The highest BCUT2D eigenvalue weighted by atomic mass is 16.4. The number of rotatable bonds is 1. The Morgan fingerprint density at radius 1 is 1.40 bits per heavy atom. The number of furan rings is 1. The van der Waals surface area contributed by atoms with Crippen molar-refractivity contribution in [3.05, 3.63) is 35.6 Å². The predicted molar refractivity (Wildman–Crippen MR) is 58.6 cm³/mol. The molecule has 0 spiro atoms. The number of hydrogen-bond acceptors (Lipinski definition) is 2. The van der Waals surface area contributed by atoms with Crippen LogP contribution in [0.2, 0.25) is 0 Å². The van der Waals surface area contributed by atoms with Gasteiger partial charge in [-0.05, 0) is 37.5 Å². The molecule has 2 heteroatoms. The van der Waals surface area contributed by atoms with Gasteiger partial charge in [0.05, 0.1) is 0 Å². The number of hydrogen-bond donors (Lipinski definition) is 1. The Morgan fingerprint density at radius 3 is 2.80 bits per heavy atom. The number of fused-ring (bicyclic) bond motifs is 1. The zero-order valence-corrected chi connectivity index (χ0v) is 8.95. The summed E-state index contributed by atoms with van der Waals surface area (Å²) in [7, 11) is 0. The van der Waals surface area contributed by atoms with Crippen molar-refractivity contribution in [2.24, 2.45) is 5.92 Å². The summed E-state index contributed by atoms with van der Waals surface area (Å²) >= 11 is 0. The molecule has 1 saturated carbocycles. The van der Waals surface area contributed by atoms with E-state index in [4.69, 9.17) is 4.42 Å². The lowest BCUT2D eigenvalue weighted by atomic mass is 10.1. The van der Waals surface area contributed by atoms with Crippen molar-refractivity contribution < 1.29 is 9.52 Å². The van der Waals surface area contributed by atoms with Crippen molar-refractivity contribution in [2.75, 3.05) is 0 Å². The molecular weight excluding hydrogens is 188 g/mol. The fourth-order valence-corrected chi connectivity index (χ4v) is 2.13. The quantitative estimate of drug-likeness (QED) is 0.771. The minimum absolute atomic E-state index is 0.319. The van der Waals surface area contributed by atoms with E-state index < -0.39 is 5.60 Å². The molecule has 2 atom stereocenters. The normalized spacial score (nSPS) is 29.7. The van der Waals surface area contributed by atoms with Crippen LogP contribution in [0, 0.1) is 12.8 Å². The molecule has 78 valence electrons. The van der Waals surface area contributed by atoms with Crippen LogP contribution in [0.15, 0.2) is 28.7 Å². The summed E-state index contributed by atoms with van der Waals surface area (Å²) in [6, 6.07) is 8.03. The van der Waals surface area contributed by atoms with E-state index in [0.717, 1.165) is 23.2 Å². The molecule has 1 aliphatic carbocycles. The maximum atomic E-state index is 10.1. The summed E-state index contributed by atoms with van der Waals surface area (Å²) in [4.78, 5) is 0. The van der Waals surface area contributed by atoms with Crippen LogP contribution in [0.5, 0.6) is 0 Å². The Labute approximate surface area is 88.5 Å². The van der Waals surface area contributed by atoms with Gasteiger partial charge in [0, 0.05) is 5.39 Å². The number of benzene rings is 1. The van der Waals surface area contributed by atoms with Crippen molar-refractivity contribution in [1.82, 2.24) is 0 Å². The molecule has 1 N–H and O–H groups in total. The SMILES string of the molecule is Cc1ccc2oc(C3(O)CC3C)cc2c1. The summed E-state index contributed by atoms with van der Waals surface area (Å²) in [6.07, 6.45) is 0.811. The van der Waals surface area contributed by atoms with Gasteiger partial charge in [0.15, 0.2) is 0 Å². The molecule has 1 aromatic carbocycles. The summed E-state index contributed by atoms with van der Waals surface area (Å²) in [5.41, 5.74) is 1.38. The largest absolute Gasteiger partial charge is 0.458 e. The van der Waals surface area contributed by atoms with E-state index in [1.165, 1.54) is 5.56 Å². The van der Waals surface area contributed by atoms with Crippen molar-refractivity contribution >= 4 is 11.0 Å². The number of aliphatic hydroxyl groups is 1. The lowest BCUT2D eigenvalue weighted by Gasteiger charge is -2.02. The fraction of sp³-hybridized carbons (Fsp3) is 0.385. The summed E-state index contributed by atoms with van der Waals surface area (Å²) < 4.78 is 5.67. The molecule has 1 fully saturated rings. The van der Waals surface area contributed by atoms with Gasteiger partial charge in [-0.25, -0.2) is 0 Å². The Hall–Kier alpha value is -1.28. The van der Waals surface area contributed by atoms with Crippen LogP contribution < -0.4 is 0 Å². The van der Waals surface area contributed by atoms with E-state index in [0.29, 0.717) is 5.92 Å². The summed E-state index contributed by atoms with van der Waals surface area (Å²) in [5, 5.41) is 11.2. The standard InChI is InChI=1S/C13H14O2/c1-8-3-4-11-10(5-8)6-12(15-11)13(14)7-9(13)2/h3-6,9,14H,7H2,1-2H3. The lowest BCUT2D eigenvalue weighted by molar-refractivity contribution is 0.110. The van der Waals surface area contributed by atoms with Crippen molar-refractivity contribution in [1.29, 1.82) is 0 Å². The highest BCUT2D eigenvalue weighted by molar-refractivity contribution is 5.79. The van der Waals surface area contributed by atoms with E-state index in [9.17, 15) is 5.11 Å². The monoisotopic (exact) mass is 202 g/mol. The lowest BCUT2D eigenvalue weighted by Crippen LogP contribution is -2.05. The van der Waals surface area contributed by atoms with Gasteiger partial charge >= 0.3 is 0 Å². The van der Waals surface area contributed by atoms with Gasteiger partial charge in [0.2, 0.25) is 0 Å². The zero-order chi connectivity index (χ0) is 10.6. The second-order valence-corrected chi connectivity index (χ2v) is 4.68. The molecular formula is C13H14O2. The fourth-order valence-electron chi connectivity index (χ4n) is 2.13. The molecule has 15 heavy (non-hydrogen) atoms. The first-order chi connectivity index (χ1) is 7.09. The third-order valence-electron chi connectivity index (χ3n) is 3.37. The maximum absolute atomic E-state index is 10.1. The molecule has 0 radical (unpaired) electrons. The molecule has 3 rings (SSSR count). The molecule has 0 aliphatic heterocycles. The van der Waals surface area contributed by atoms with Crippen LogP contribution >= 0.6 is 0 Å². The highest BCUT2D eigenvalue weighted by Gasteiger charge is 2.53. The summed E-state index contributed by atoms with van der Waals surface area (Å²) in [6.45, 7) is 4.10. The minimum Gasteiger partial charge on any atom is -0.458 e. The first kappa shape index (κ1) is 8.98. The van der Waals surface area contributed by atoms with E-state index in [2.05, 4.69) is 13.0 Å². The Bertz CT molecular complexity index is 526. The van der Waals surface area contributed by atoms with Gasteiger partial charge < -0.3 is 9.52 Å². The van der Waals surface area contributed by atoms with E-state index in [-0.39, 0.29) is 0 Å². The van der Waals surface area contributed by atoms with Crippen LogP contribution in [-0.2, 0) is 5.60 Å². The van der Waals surface area contributed by atoms with Gasteiger partial charge in [-0.1, -0.05) is 18.6 Å². The van der Waals surface area contributed by atoms with Gasteiger partial charge in [-0.3, -0.25) is 0 Å². The molecule has 1 heterocycles. The third kappa shape index (κ3) is 1.21. The summed E-state index contributed by atoms with van der Waals surface area (Å²) in [5.74, 6) is 1.04. The van der Waals surface area contributed by atoms with Crippen molar-refractivity contribution in [3.63, 3.8) is 0 Å². The van der Waals surface area contributed by atoms with E-state index in [1.807, 2.05) is 25.1 Å². The third-order valence-corrected chi connectivity index (χ3v) is 3.37. The average molecular weight is 202 g/mol. The Kier molecular flexibility index (Phi) is 1.58. The van der Waals surface area contributed by atoms with E-state index in [1.54, 1.807) is 0 Å². The van der Waals surface area contributed by atoms with Crippen LogP contribution in [-0.4, -0.2) is 5.11 Å². The topological polar surface area (TPSA) is 33.4 Å². The smallest absolute Gasteiger partial charge is 0.137 e. The molecule has 1 aromatic heterocycles. The van der Waals surface area contributed by atoms with Crippen LogP contribution in [0.1, 0.15) is 24.7 Å². The second kappa shape index (κ2) is 2.64. The first-order valence-electron chi connectivity index (χ1n) is 5.33. The van der Waals surface area contributed by atoms with Gasteiger partial charge in [0.1, 0.15) is 16.9 Å². The minimum atomic E-state index is -0.701. The maximum Gasteiger partial charge on any atom is 0.137 e. The average Bonchev–Trinajstić information content (AvgIpc) is 2.62. The molecule has 1 aliphatic rings. The Balaban J connectivity index is 2.15. The molecule has 0 amide bonds.